The van der Waals surface area contributed by atoms with Crippen molar-refractivity contribution in [3.8, 4) is 5.75 Å². The molecule has 33 heavy (non-hydrogen) atoms. The van der Waals surface area contributed by atoms with E-state index in [4.69, 9.17) is 9.15 Å². The van der Waals surface area contributed by atoms with Crippen LogP contribution in [-0.2, 0) is 16.0 Å². The number of thiophene rings is 1. The summed E-state index contributed by atoms with van der Waals surface area (Å²) in [5.74, 6) is 1.24. The van der Waals surface area contributed by atoms with Crippen LogP contribution in [0.1, 0.15) is 23.8 Å². The molecule has 170 valence electrons. The largest absolute Gasteiger partial charge is 0.489 e. The van der Waals surface area contributed by atoms with E-state index in [0.29, 0.717) is 30.8 Å². The molecule has 2 unspecified atom stereocenters. The quantitative estimate of drug-likeness (QED) is 0.364. The number of β-lactam (4-membered cyclic amide) rings is 1. The summed E-state index contributed by atoms with van der Waals surface area (Å²) in [6.45, 7) is 4.16. The van der Waals surface area contributed by atoms with E-state index in [2.05, 4.69) is 0 Å². The molecule has 6 nitrogen and oxygen atoms in total. The number of ketones is 1. The van der Waals surface area contributed by atoms with Gasteiger partial charge in [-0.05, 0) is 48.6 Å². The minimum absolute atomic E-state index is 0.0182. The first-order valence-electron chi connectivity index (χ1n) is 10.8. The SMILES string of the molecule is CC1=C(COc2ccc3c(C)cc(=O)oc3c2)CSC2C(CC(=O)Cc3cccs3)C(=O)N12. The van der Waals surface area contributed by atoms with Gasteiger partial charge in [0, 0.05) is 46.7 Å². The predicted octanol–water partition coefficient (Wildman–Crippen LogP) is 4.55. The lowest BCUT2D eigenvalue weighted by atomic mass is 9.90. The van der Waals surface area contributed by atoms with Crippen molar-refractivity contribution < 1.29 is 18.7 Å². The molecule has 3 aromatic rings. The summed E-state index contributed by atoms with van der Waals surface area (Å²) >= 11 is 3.26. The van der Waals surface area contributed by atoms with Crippen molar-refractivity contribution in [2.24, 2.45) is 5.92 Å². The molecular formula is C25H23NO5S2. The molecule has 2 aliphatic heterocycles. The lowest BCUT2D eigenvalue weighted by Crippen LogP contribution is -2.60. The van der Waals surface area contributed by atoms with Crippen molar-refractivity contribution >= 4 is 45.8 Å². The fraction of sp³-hybridized carbons (Fsp3) is 0.320. The van der Waals surface area contributed by atoms with Gasteiger partial charge >= 0.3 is 5.63 Å². The van der Waals surface area contributed by atoms with E-state index in [1.165, 1.54) is 6.07 Å². The first-order valence-corrected chi connectivity index (χ1v) is 12.7. The zero-order valence-electron chi connectivity index (χ0n) is 18.3. The van der Waals surface area contributed by atoms with Crippen molar-refractivity contribution in [2.75, 3.05) is 12.4 Å². The van der Waals surface area contributed by atoms with Gasteiger partial charge in [0.15, 0.2) is 0 Å². The number of ether oxygens (including phenoxy) is 1. The summed E-state index contributed by atoms with van der Waals surface area (Å²) in [5, 5.41) is 2.85. The van der Waals surface area contributed by atoms with Crippen LogP contribution in [0.15, 0.2) is 62.3 Å². The van der Waals surface area contributed by atoms with Crippen molar-refractivity contribution in [1.82, 2.24) is 4.90 Å². The Bertz CT molecular complexity index is 1320. The van der Waals surface area contributed by atoms with E-state index in [1.54, 1.807) is 34.1 Å². The number of Topliss-reactive ketones (excluding diaryl/α,β-unsaturated/α-hetero) is 1. The second-order valence-corrected chi connectivity index (χ2v) is 10.5. The summed E-state index contributed by atoms with van der Waals surface area (Å²) in [4.78, 5) is 39.8. The van der Waals surface area contributed by atoms with Gasteiger partial charge in [0.1, 0.15) is 23.7 Å². The summed E-state index contributed by atoms with van der Waals surface area (Å²) in [6.07, 6.45) is 0.698. The van der Waals surface area contributed by atoms with Crippen LogP contribution in [0.5, 0.6) is 5.75 Å². The number of allylic oxidation sites excluding steroid dienone is 1. The average Bonchev–Trinajstić information content (AvgIpc) is 3.28. The van der Waals surface area contributed by atoms with Crippen LogP contribution in [0.2, 0.25) is 0 Å². The number of aryl methyl sites for hydroxylation is 1. The maximum Gasteiger partial charge on any atom is 0.336 e. The van der Waals surface area contributed by atoms with Gasteiger partial charge in [0.25, 0.3) is 0 Å². The maximum atomic E-state index is 12.8. The number of nitrogens with zero attached hydrogens (tertiary/aromatic N) is 1. The highest BCUT2D eigenvalue weighted by molar-refractivity contribution is 8.00. The Morgan fingerprint density at radius 1 is 1.21 bits per heavy atom. The second-order valence-electron chi connectivity index (χ2n) is 8.40. The van der Waals surface area contributed by atoms with Gasteiger partial charge in [0.2, 0.25) is 5.91 Å². The molecule has 0 bridgehead atoms. The summed E-state index contributed by atoms with van der Waals surface area (Å²) in [6, 6.07) is 10.8. The zero-order chi connectivity index (χ0) is 23.1. The molecule has 4 heterocycles. The zero-order valence-corrected chi connectivity index (χ0v) is 20.0. The molecule has 0 spiro atoms. The van der Waals surface area contributed by atoms with Gasteiger partial charge in [-0.3, -0.25) is 9.59 Å². The van der Waals surface area contributed by atoms with Crippen LogP contribution in [0.25, 0.3) is 11.0 Å². The Balaban J connectivity index is 1.23. The molecule has 0 aliphatic carbocycles. The highest BCUT2D eigenvalue weighted by Crippen LogP contribution is 2.45. The Labute approximate surface area is 199 Å². The van der Waals surface area contributed by atoms with Crippen molar-refractivity contribution in [2.45, 2.75) is 32.1 Å². The van der Waals surface area contributed by atoms with E-state index in [-0.39, 0.29) is 28.6 Å². The normalized spacial score (nSPS) is 20.1. The third-order valence-electron chi connectivity index (χ3n) is 6.19. The molecule has 0 saturated carbocycles. The number of thioether (sulfide) groups is 1. The third-order valence-corrected chi connectivity index (χ3v) is 8.46. The Morgan fingerprint density at radius 2 is 2.06 bits per heavy atom. The van der Waals surface area contributed by atoms with Gasteiger partial charge in [-0.2, -0.15) is 0 Å². The topological polar surface area (TPSA) is 76.8 Å². The summed E-state index contributed by atoms with van der Waals surface area (Å²) in [5.41, 5.74) is 2.92. The van der Waals surface area contributed by atoms with Crippen LogP contribution in [0.3, 0.4) is 0 Å². The summed E-state index contributed by atoms with van der Waals surface area (Å²) in [7, 11) is 0. The third kappa shape index (κ3) is 4.25. The number of hydrogen-bond acceptors (Lipinski definition) is 7. The van der Waals surface area contributed by atoms with E-state index in [9.17, 15) is 14.4 Å². The molecule has 5 rings (SSSR count). The van der Waals surface area contributed by atoms with Gasteiger partial charge in [-0.25, -0.2) is 4.79 Å². The number of rotatable bonds is 7. The first-order chi connectivity index (χ1) is 15.9. The molecule has 1 fully saturated rings. The molecule has 1 aromatic carbocycles. The van der Waals surface area contributed by atoms with Crippen LogP contribution in [-0.4, -0.2) is 34.3 Å². The standard InChI is InChI=1S/C25H23NO5S2/c1-14-8-23(28)31-22-11-18(5-6-20(14)22)30-12-16-13-33-25-21(24(29)26(25)15(16)2)10-17(27)9-19-4-3-7-32-19/h3-8,11,21,25H,9-10,12-13H2,1-2H3. The van der Waals surface area contributed by atoms with E-state index in [0.717, 1.165) is 32.8 Å². The first kappa shape index (κ1) is 22.0. The Hall–Kier alpha value is -2.84. The van der Waals surface area contributed by atoms with Crippen molar-refractivity contribution in [1.29, 1.82) is 0 Å². The Kier molecular flexibility index (Phi) is 5.88. The molecular weight excluding hydrogens is 458 g/mol. The van der Waals surface area contributed by atoms with E-state index < -0.39 is 0 Å². The molecule has 0 N–H and O–H groups in total. The number of carbonyl (C=O) groups excluding carboxylic acids is 2. The molecule has 2 aromatic heterocycles. The maximum absolute atomic E-state index is 12.8. The van der Waals surface area contributed by atoms with E-state index >= 15 is 0 Å². The molecule has 8 heteroatoms. The number of carbonyl (C=O) groups is 2. The van der Waals surface area contributed by atoms with Gasteiger partial charge in [0.05, 0.1) is 11.3 Å². The van der Waals surface area contributed by atoms with Crippen LogP contribution in [0.4, 0.5) is 0 Å². The summed E-state index contributed by atoms with van der Waals surface area (Å²) < 4.78 is 11.3. The minimum atomic E-state index is -0.384. The molecule has 1 saturated heterocycles. The fourth-order valence-corrected chi connectivity index (χ4v) is 6.61. The van der Waals surface area contributed by atoms with Gasteiger partial charge in [-0.15, -0.1) is 23.1 Å². The van der Waals surface area contributed by atoms with Crippen LogP contribution < -0.4 is 10.4 Å². The lowest BCUT2D eigenvalue weighted by molar-refractivity contribution is -0.149. The van der Waals surface area contributed by atoms with Crippen molar-refractivity contribution in [3.63, 3.8) is 0 Å². The number of amides is 1. The highest BCUT2D eigenvalue weighted by atomic mass is 32.2. The molecule has 2 aliphatic rings. The van der Waals surface area contributed by atoms with Gasteiger partial charge < -0.3 is 14.1 Å². The molecule has 0 radical (unpaired) electrons. The number of hydrogen-bond donors (Lipinski definition) is 0. The molecule has 1 amide bonds. The highest BCUT2D eigenvalue weighted by Gasteiger charge is 2.51. The number of benzene rings is 1. The average molecular weight is 482 g/mol. The molecule has 2 atom stereocenters. The lowest BCUT2D eigenvalue weighted by Gasteiger charge is -2.50. The van der Waals surface area contributed by atoms with Crippen molar-refractivity contribution in [3.05, 3.63) is 73.9 Å². The predicted molar refractivity (Wildman–Crippen MR) is 130 cm³/mol. The van der Waals surface area contributed by atoms with Crippen LogP contribution in [0, 0.1) is 12.8 Å². The smallest absolute Gasteiger partial charge is 0.336 e. The minimum Gasteiger partial charge on any atom is -0.489 e. The monoisotopic (exact) mass is 481 g/mol. The fourth-order valence-electron chi connectivity index (χ4n) is 4.36. The van der Waals surface area contributed by atoms with Crippen LogP contribution >= 0.6 is 23.1 Å². The Morgan fingerprint density at radius 3 is 2.85 bits per heavy atom. The van der Waals surface area contributed by atoms with E-state index in [1.807, 2.05) is 43.5 Å². The number of fused-ring (bicyclic) bond motifs is 2. The van der Waals surface area contributed by atoms with Gasteiger partial charge in [-0.1, -0.05) is 6.07 Å². The second kappa shape index (κ2) is 8.83.